The van der Waals surface area contributed by atoms with E-state index < -0.39 is 6.04 Å². The molecule has 0 bridgehead atoms. The number of carbonyl (C=O) groups is 2. The van der Waals surface area contributed by atoms with Gasteiger partial charge in [0.15, 0.2) is 0 Å². The highest BCUT2D eigenvalue weighted by atomic mass is 35.5. The summed E-state index contributed by atoms with van der Waals surface area (Å²) in [6.45, 7) is 12.3. The van der Waals surface area contributed by atoms with E-state index >= 15 is 0 Å². The van der Waals surface area contributed by atoms with E-state index in [9.17, 15) is 9.59 Å². The van der Waals surface area contributed by atoms with Gasteiger partial charge >= 0.3 is 0 Å². The molecule has 0 fully saturated rings. The molecule has 0 aromatic heterocycles. The highest BCUT2D eigenvalue weighted by Crippen LogP contribution is 2.25. The number of halogens is 2. The molecule has 2 amide bonds. The Kier molecular flexibility index (Phi) is 9.81. The van der Waals surface area contributed by atoms with Gasteiger partial charge in [-0.2, -0.15) is 0 Å². The van der Waals surface area contributed by atoms with E-state index in [4.69, 9.17) is 23.2 Å². The maximum absolute atomic E-state index is 13.4. The average molecular weight is 492 g/mol. The molecule has 0 aliphatic carbocycles. The molecule has 0 aliphatic heterocycles. The molecule has 0 heterocycles. The Labute approximate surface area is 208 Å². The molecule has 0 saturated carbocycles. The number of amides is 2. The van der Waals surface area contributed by atoms with Crippen molar-refractivity contribution in [1.29, 1.82) is 0 Å². The molecule has 2 rings (SSSR count). The van der Waals surface area contributed by atoms with Crippen LogP contribution in [0.25, 0.3) is 0 Å². The molecule has 6 heteroatoms. The second-order valence-corrected chi connectivity index (χ2v) is 10.6. The number of hydrogen-bond donors (Lipinski definition) is 1. The van der Waals surface area contributed by atoms with Crippen molar-refractivity contribution in [3.63, 3.8) is 0 Å². The summed E-state index contributed by atoms with van der Waals surface area (Å²) in [4.78, 5) is 28.1. The Bertz CT molecular complexity index is 950. The fraction of sp³-hybridized carbons (Fsp3) is 0.481. The van der Waals surface area contributed by atoms with Crippen molar-refractivity contribution in [2.45, 2.75) is 84.8 Å². The molecule has 2 aromatic rings. The smallest absolute Gasteiger partial charge is 0.243 e. The monoisotopic (exact) mass is 490 g/mol. The minimum atomic E-state index is -0.575. The molecule has 33 heavy (non-hydrogen) atoms. The number of hydrogen-bond acceptors (Lipinski definition) is 2. The standard InChI is InChI=1S/C27H36Cl2N2O2/c1-7-24(26(33)30-27(4,5)6)31(17-20-10-14-22(28)23(29)16-20)25(32)15-11-19-8-12-21(13-9-19)18(2)3/h8-10,12-14,16,18,24H,7,11,15,17H2,1-6H3,(H,30,33)/t24-/m1/s1. The highest BCUT2D eigenvalue weighted by molar-refractivity contribution is 6.42. The van der Waals surface area contributed by atoms with Crippen molar-refractivity contribution in [3.8, 4) is 0 Å². The average Bonchev–Trinajstić information content (AvgIpc) is 2.73. The van der Waals surface area contributed by atoms with Gasteiger partial charge in [-0.05, 0) is 68.4 Å². The van der Waals surface area contributed by atoms with Crippen molar-refractivity contribution in [1.82, 2.24) is 10.2 Å². The third-order valence-corrected chi connectivity index (χ3v) is 6.23. The zero-order chi connectivity index (χ0) is 24.8. The minimum absolute atomic E-state index is 0.0649. The maximum atomic E-state index is 13.4. The van der Waals surface area contributed by atoms with Gasteiger partial charge in [-0.1, -0.05) is 74.3 Å². The van der Waals surface area contributed by atoms with Crippen molar-refractivity contribution < 1.29 is 9.59 Å². The quantitative estimate of drug-likeness (QED) is 0.421. The first kappa shape index (κ1) is 27.2. The summed E-state index contributed by atoms with van der Waals surface area (Å²) < 4.78 is 0. The first-order chi connectivity index (χ1) is 15.4. The molecule has 2 aromatic carbocycles. The van der Waals surface area contributed by atoms with Gasteiger partial charge in [-0.25, -0.2) is 0 Å². The summed E-state index contributed by atoms with van der Waals surface area (Å²) in [5, 5.41) is 3.91. The van der Waals surface area contributed by atoms with E-state index in [1.807, 2.05) is 33.8 Å². The lowest BCUT2D eigenvalue weighted by Crippen LogP contribution is -2.53. The van der Waals surface area contributed by atoms with Crippen LogP contribution in [-0.4, -0.2) is 28.3 Å². The van der Waals surface area contributed by atoms with Crippen LogP contribution in [-0.2, 0) is 22.6 Å². The Balaban J connectivity index is 2.24. The third kappa shape index (κ3) is 8.35. The van der Waals surface area contributed by atoms with Gasteiger partial charge in [0.1, 0.15) is 6.04 Å². The van der Waals surface area contributed by atoms with Crippen LogP contribution in [0.1, 0.15) is 77.0 Å². The third-order valence-electron chi connectivity index (χ3n) is 5.49. The highest BCUT2D eigenvalue weighted by Gasteiger charge is 2.30. The van der Waals surface area contributed by atoms with E-state index in [1.165, 1.54) is 5.56 Å². The lowest BCUT2D eigenvalue weighted by molar-refractivity contribution is -0.142. The first-order valence-corrected chi connectivity index (χ1v) is 12.3. The Hall–Kier alpha value is -2.04. The summed E-state index contributed by atoms with van der Waals surface area (Å²) in [5.74, 6) is 0.249. The molecule has 0 unspecified atom stereocenters. The van der Waals surface area contributed by atoms with Crippen LogP contribution < -0.4 is 5.32 Å². The molecule has 1 atom stereocenters. The van der Waals surface area contributed by atoms with Crippen LogP contribution in [0.15, 0.2) is 42.5 Å². The summed E-state index contributed by atoms with van der Waals surface area (Å²) in [5.41, 5.74) is 2.83. The predicted octanol–water partition coefficient (Wildman–Crippen LogP) is 6.77. The molecule has 0 aliphatic rings. The normalized spacial score (nSPS) is 12.5. The maximum Gasteiger partial charge on any atom is 0.243 e. The summed E-state index contributed by atoms with van der Waals surface area (Å²) >= 11 is 12.3. The van der Waals surface area contributed by atoms with Gasteiger partial charge in [0.25, 0.3) is 0 Å². The van der Waals surface area contributed by atoms with Gasteiger partial charge in [-0.15, -0.1) is 0 Å². The Morgan fingerprint density at radius 2 is 1.58 bits per heavy atom. The summed E-state index contributed by atoms with van der Waals surface area (Å²) in [6, 6.07) is 13.1. The molecular weight excluding hydrogens is 455 g/mol. The van der Waals surface area contributed by atoms with Gasteiger partial charge in [0.2, 0.25) is 11.8 Å². The molecule has 0 spiro atoms. The minimum Gasteiger partial charge on any atom is -0.350 e. The molecule has 1 N–H and O–H groups in total. The molecule has 0 saturated heterocycles. The molecular formula is C27H36Cl2N2O2. The Morgan fingerprint density at radius 1 is 0.970 bits per heavy atom. The van der Waals surface area contributed by atoms with Gasteiger partial charge in [0, 0.05) is 18.5 Å². The topological polar surface area (TPSA) is 49.4 Å². The number of nitrogens with one attached hydrogen (secondary N) is 1. The van der Waals surface area contributed by atoms with Gasteiger partial charge in [0.05, 0.1) is 10.0 Å². The number of rotatable bonds is 9. The van der Waals surface area contributed by atoms with Crippen molar-refractivity contribution in [2.24, 2.45) is 0 Å². The Morgan fingerprint density at radius 3 is 2.09 bits per heavy atom. The van der Waals surface area contributed by atoms with Crippen molar-refractivity contribution >= 4 is 35.0 Å². The van der Waals surface area contributed by atoms with Crippen LogP contribution in [0.5, 0.6) is 0 Å². The number of nitrogens with zero attached hydrogens (tertiary/aromatic N) is 1. The van der Waals surface area contributed by atoms with E-state index in [-0.39, 0.29) is 23.9 Å². The van der Waals surface area contributed by atoms with Crippen molar-refractivity contribution in [2.75, 3.05) is 0 Å². The number of aryl methyl sites for hydroxylation is 1. The van der Waals surface area contributed by atoms with Crippen LogP contribution in [0.3, 0.4) is 0 Å². The van der Waals surface area contributed by atoms with E-state index in [1.54, 1.807) is 17.0 Å². The molecule has 180 valence electrons. The van der Waals surface area contributed by atoms with Crippen LogP contribution >= 0.6 is 23.2 Å². The zero-order valence-electron chi connectivity index (χ0n) is 20.5. The fourth-order valence-corrected chi connectivity index (χ4v) is 3.99. The van der Waals surface area contributed by atoms with Gasteiger partial charge in [-0.3, -0.25) is 9.59 Å². The number of benzene rings is 2. The summed E-state index contributed by atoms with van der Waals surface area (Å²) in [6.07, 6.45) is 1.45. The van der Waals surface area contributed by atoms with E-state index in [0.29, 0.717) is 35.2 Å². The van der Waals surface area contributed by atoms with E-state index in [2.05, 4.69) is 43.4 Å². The lowest BCUT2D eigenvalue weighted by Gasteiger charge is -2.33. The first-order valence-electron chi connectivity index (χ1n) is 11.6. The number of carbonyl (C=O) groups excluding carboxylic acids is 2. The molecule has 4 nitrogen and oxygen atoms in total. The molecule has 0 radical (unpaired) electrons. The van der Waals surface area contributed by atoms with Crippen molar-refractivity contribution in [3.05, 3.63) is 69.2 Å². The van der Waals surface area contributed by atoms with Crippen LogP contribution in [0.2, 0.25) is 10.0 Å². The zero-order valence-corrected chi connectivity index (χ0v) is 22.1. The fourth-order valence-electron chi connectivity index (χ4n) is 3.67. The second kappa shape index (κ2) is 11.9. The largest absolute Gasteiger partial charge is 0.350 e. The lowest BCUT2D eigenvalue weighted by atomic mass is 10.00. The van der Waals surface area contributed by atoms with E-state index in [0.717, 1.165) is 11.1 Å². The van der Waals surface area contributed by atoms with Crippen LogP contribution in [0.4, 0.5) is 0 Å². The predicted molar refractivity (Wildman–Crippen MR) is 138 cm³/mol. The SMILES string of the molecule is CC[C@H](C(=O)NC(C)(C)C)N(Cc1ccc(Cl)c(Cl)c1)C(=O)CCc1ccc(C(C)C)cc1. The van der Waals surface area contributed by atoms with Gasteiger partial charge < -0.3 is 10.2 Å². The van der Waals surface area contributed by atoms with Crippen LogP contribution in [0, 0.1) is 0 Å². The summed E-state index contributed by atoms with van der Waals surface area (Å²) in [7, 11) is 0. The second-order valence-electron chi connectivity index (χ2n) is 9.83.